The van der Waals surface area contributed by atoms with Crippen molar-refractivity contribution in [3.05, 3.63) is 11.6 Å². The van der Waals surface area contributed by atoms with E-state index in [1.54, 1.807) is 0 Å². The maximum atomic E-state index is 10.3. The van der Waals surface area contributed by atoms with Gasteiger partial charge in [0.05, 0.1) is 5.60 Å². The standard InChI is InChI=1S/C13H22O/c1-2-13(14)9-11-6-4-3-5-7-12(8-11)10-13/h9,12,14H,2-8,10H2,1H3. The van der Waals surface area contributed by atoms with Gasteiger partial charge in [-0.2, -0.15) is 0 Å². The molecule has 0 aromatic rings. The molecule has 2 aliphatic rings. The van der Waals surface area contributed by atoms with Gasteiger partial charge < -0.3 is 5.11 Å². The van der Waals surface area contributed by atoms with E-state index in [2.05, 4.69) is 13.0 Å². The molecular weight excluding hydrogens is 172 g/mol. The van der Waals surface area contributed by atoms with Crippen molar-refractivity contribution in [3.8, 4) is 0 Å². The summed E-state index contributed by atoms with van der Waals surface area (Å²) in [6.07, 6.45) is 12.0. The molecule has 0 aromatic carbocycles. The van der Waals surface area contributed by atoms with Crippen molar-refractivity contribution in [2.24, 2.45) is 5.92 Å². The van der Waals surface area contributed by atoms with Crippen molar-refractivity contribution >= 4 is 0 Å². The summed E-state index contributed by atoms with van der Waals surface area (Å²) in [7, 11) is 0. The highest BCUT2D eigenvalue weighted by Crippen LogP contribution is 2.39. The summed E-state index contributed by atoms with van der Waals surface area (Å²) in [5.41, 5.74) is 1.07. The molecule has 1 heteroatoms. The summed E-state index contributed by atoms with van der Waals surface area (Å²) in [4.78, 5) is 0. The molecule has 1 N–H and O–H groups in total. The molecule has 2 aliphatic carbocycles. The molecule has 80 valence electrons. The van der Waals surface area contributed by atoms with E-state index in [1.807, 2.05) is 0 Å². The zero-order valence-corrected chi connectivity index (χ0v) is 9.26. The number of fused-ring (bicyclic) bond motifs is 2. The predicted octanol–water partition coefficient (Wildman–Crippen LogP) is 3.43. The molecule has 0 amide bonds. The third-order valence-corrected chi connectivity index (χ3v) is 3.89. The Morgan fingerprint density at radius 2 is 2.29 bits per heavy atom. The second-order valence-corrected chi connectivity index (χ2v) is 5.13. The molecule has 2 unspecified atom stereocenters. The minimum absolute atomic E-state index is 0.463. The lowest BCUT2D eigenvalue weighted by molar-refractivity contribution is 0.0467. The summed E-state index contributed by atoms with van der Waals surface area (Å²) in [6, 6.07) is 0. The first kappa shape index (κ1) is 10.2. The van der Waals surface area contributed by atoms with Crippen LogP contribution in [0.15, 0.2) is 11.6 Å². The van der Waals surface area contributed by atoms with Crippen LogP contribution in [0.25, 0.3) is 0 Å². The van der Waals surface area contributed by atoms with Crippen LogP contribution in [0.2, 0.25) is 0 Å². The van der Waals surface area contributed by atoms with Crippen LogP contribution in [-0.2, 0) is 0 Å². The van der Waals surface area contributed by atoms with Gasteiger partial charge in [-0.05, 0) is 38.0 Å². The summed E-state index contributed by atoms with van der Waals surface area (Å²) in [6.45, 7) is 2.10. The van der Waals surface area contributed by atoms with Gasteiger partial charge in [0.2, 0.25) is 0 Å². The smallest absolute Gasteiger partial charge is 0.0830 e. The topological polar surface area (TPSA) is 20.2 Å². The molecule has 0 saturated heterocycles. The van der Waals surface area contributed by atoms with Gasteiger partial charge in [-0.3, -0.25) is 0 Å². The minimum Gasteiger partial charge on any atom is -0.386 e. The van der Waals surface area contributed by atoms with Gasteiger partial charge in [0, 0.05) is 0 Å². The van der Waals surface area contributed by atoms with Crippen molar-refractivity contribution in [2.45, 2.75) is 63.9 Å². The second-order valence-electron chi connectivity index (χ2n) is 5.13. The molecule has 14 heavy (non-hydrogen) atoms. The Morgan fingerprint density at radius 3 is 3.07 bits per heavy atom. The van der Waals surface area contributed by atoms with E-state index in [-0.39, 0.29) is 0 Å². The molecule has 2 bridgehead atoms. The van der Waals surface area contributed by atoms with Crippen molar-refractivity contribution in [1.29, 1.82) is 0 Å². The van der Waals surface area contributed by atoms with Gasteiger partial charge in [0.25, 0.3) is 0 Å². The highest BCUT2D eigenvalue weighted by atomic mass is 16.3. The minimum atomic E-state index is -0.463. The summed E-state index contributed by atoms with van der Waals surface area (Å²) >= 11 is 0. The molecule has 0 radical (unpaired) electrons. The number of rotatable bonds is 1. The summed E-state index contributed by atoms with van der Waals surface area (Å²) in [5.74, 6) is 0.764. The van der Waals surface area contributed by atoms with Gasteiger partial charge in [-0.1, -0.05) is 37.8 Å². The van der Waals surface area contributed by atoms with Gasteiger partial charge in [0.15, 0.2) is 0 Å². The molecule has 0 aromatic heterocycles. The fourth-order valence-corrected chi connectivity index (χ4v) is 3.03. The van der Waals surface area contributed by atoms with Gasteiger partial charge in [-0.15, -0.1) is 0 Å². The van der Waals surface area contributed by atoms with Gasteiger partial charge in [-0.25, -0.2) is 0 Å². The van der Waals surface area contributed by atoms with Crippen LogP contribution < -0.4 is 0 Å². The van der Waals surface area contributed by atoms with Gasteiger partial charge >= 0.3 is 0 Å². The predicted molar refractivity (Wildman–Crippen MR) is 59.1 cm³/mol. The zero-order valence-electron chi connectivity index (χ0n) is 9.26. The lowest BCUT2D eigenvalue weighted by Gasteiger charge is -2.36. The van der Waals surface area contributed by atoms with Crippen molar-refractivity contribution in [2.75, 3.05) is 0 Å². The maximum absolute atomic E-state index is 10.3. The first-order chi connectivity index (χ1) is 6.72. The Hall–Kier alpha value is -0.300. The van der Waals surface area contributed by atoms with Crippen LogP contribution in [0.5, 0.6) is 0 Å². The van der Waals surface area contributed by atoms with E-state index in [4.69, 9.17) is 0 Å². The largest absolute Gasteiger partial charge is 0.386 e. The molecule has 1 saturated carbocycles. The Kier molecular flexibility index (Phi) is 2.96. The van der Waals surface area contributed by atoms with Crippen molar-refractivity contribution < 1.29 is 5.11 Å². The summed E-state index contributed by atoms with van der Waals surface area (Å²) < 4.78 is 0. The average Bonchev–Trinajstić information content (AvgIpc) is 2.14. The number of hydrogen-bond acceptors (Lipinski definition) is 1. The molecule has 1 fully saturated rings. The van der Waals surface area contributed by atoms with Crippen LogP contribution in [-0.4, -0.2) is 10.7 Å². The Morgan fingerprint density at radius 1 is 1.43 bits per heavy atom. The van der Waals surface area contributed by atoms with Crippen LogP contribution in [0.4, 0.5) is 0 Å². The molecule has 1 nitrogen and oxygen atoms in total. The molecule has 0 heterocycles. The second kappa shape index (κ2) is 4.06. The lowest BCUT2D eigenvalue weighted by atomic mass is 9.74. The van der Waals surface area contributed by atoms with E-state index < -0.39 is 5.60 Å². The Balaban J connectivity index is 2.16. The van der Waals surface area contributed by atoms with E-state index >= 15 is 0 Å². The number of allylic oxidation sites excluding steroid dienone is 1. The zero-order chi connectivity index (χ0) is 10.0. The Bertz CT molecular complexity index is 231. The molecule has 0 aliphatic heterocycles. The van der Waals surface area contributed by atoms with E-state index in [1.165, 1.54) is 44.1 Å². The fraction of sp³-hybridized carbons (Fsp3) is 0.846. The number of hydrogen-bond donors (Lipinski definition) is 1. The maximum Gasteiger partial charge on any atom is 0.0830 e. The summed E-state index contributed by atoms with van der Waals surface area (Å²) in [5, 5.41) is 10.3. The highest BCUT2D eigenvalue weighted by molar-refractivity contribution is 5.16. The van der Waals surface area contributed by atoms with Crippen LogP contribution in [0.1, 0.15) is 58.3 Å². The van der Waals surface area contributed by atoms with Crippen molar-refractivity contribution in [3.63, 3.8) is 0 Å². The van der Waals surface area contributed by atoms with E-state index in [0.717, 1.165) is 18.8 Å². The molecule has 2 atom stereocenters. The molecule has 2 rings (SSSR count). The monoisotopic (exact) mass is 194 g/mol. The lowest BCUT2D eigenvalue weighted by Crippen LogP contribution is -2.33. The van der Waals surface area contributed by atoms with E-state index in [9.17, 15) is 5.11 Å². The quantitative estimate of drug-likeness (QED) is 0.634. The third kappa shape index (κ3) is 2.20. The number of aliphatic hydroxyl groups is 1. The normalized spacial score (nSPS) is 38.4. The molecular formula is C13H22O. The first-order valence-corrected chi connectivity index (χ1v) is 6.15. The van der Waals surface area contributed by atoms with Crippen LogP contribution in [0.3, 0.4) is 0 Å². The average molecular weight is 194 g/mol. The van der Waals surface area contributed by atoms with Crippen LogP contribution >= 0.6 is 0 Å². The third-order valence-electron chi connectivity index (χ3n) is 3.89. The SMILES string of the molecule is CCC1(O)C=C2CCCCCC(C2)C1. The fourth-order valence-electron chi connectivity index (χ4n) is 3.03. The Labute approximate surface area is 87.2 Å². The highest BCUT2D eigenvalue weighted by Gasteiger charge is 2.32. The van der Waals surface area contributed by atoms with Crippen molar-refractivity contribution in [1.82, 2.24) is 0 Å². The first-order valence-electron chi connectivity index (χ1n) is 6.15. The van der Waals surface area contributed by atoms with Gasteiger partial charge in [0.1, 0.15) is 0 Å². The molecule has 0 spiro atoms. The van der Waals surface area contributed by atoms with E-state index in [0.29, 0.717) is 0 Å². The van der Waals surface area contributed by atoms with Crippen LogP contribution in [0, 0.1) is 5.92 Å².